The van der Waals surface area contributed by atoms with Crippen LogP contribution >= 0.6 is 11.3 Å². The van der Waals surface area contributed by atoms with E-state index in [4.69, 9.17) is 14.7 Å². The van der Waals surface area contributed by atoms with E-state index >= 15 is 0 Å². The van der Waals surface area contributed by atoms with Gasteiger partial charge < -0.3 is 15.0 Å². The molecular formula is C41H56N6O6S2. The number of hydrogen-bond acceptors (Lipinski definition) is 9. The van der Waals surface area contributed by atoms with Crippen LogP contribution < -0.4 is 14.8 Å². The molecule has 2 aliphatic carbocycles. The number of benzene rings is 1. The number of carbonyl (C=O) groups is 3. The largest absolute Gasteiger partial charge is 0.459 e. The minimum atomic E-state index is -3.97. The fourth-order valence-corrected chi connectivity index (χ4v) is 11.4. The molecule has 6 bridgehead atoms. The quantitative estimate of drug-likeness (QED) is 0.284. The third kappa shape index (κ3) is 7.33. The number of sulfonamides is 1. The first kappa shape index (κ1) is 39.5. The number of rotatable bonds is 4. The Morgan fingerprint density at radius 1 is 1.11 bits per heavy atom. The highest BCUT2D eigenvalue weighted by Gasteiger charge is 2.62. The fourth-order valence-electron chi connectivity index (χ4n) is 8.33. The zero-order valence-corrected chi connectivity index (χ0v) is 35.0. The molecule has 0 radical (unpaired) electrons. The van der Waals surface area contributed by atoms with Crippen molar-refractivity contribution in [2.75, 3.05) is 6.54 Å². The molecule has 2 aromatic heterocycles. The Kier molecular flexibility index (Phi) is 10.3. The van der Waals surface area contributed by atoms with Crippen LogP contribution in [0.2, 0.25) is 0 Å². The van der Waals surface area contributed by atoms with Crippen molar-refractivity contribution in [1.82, 2.24) is 29.5 Å². The second kappa shape index (κ2) is 14.3. The Bertz CT molecular complexity index is 2130. The van der Waals surface area contributed by atoms with Crippen LogP contribution in [-0.4, -0.2) is 75.1 Å². The molecule has 4 heterocycles. The van der Waals surface area contributed by atoms with Crippen molar-refractivity contribution >= 4 is 50.1 Å². The van der Waals surface area contributed by atoms with Gasteiger partial charge in [0.2, 0.25) is 21.8 Å². The van der Waals surface area contributed by atoms with Crippen molar-refractivity contribution in [3.8, 4) is 16.6 Å². The van der Waals surface area contributed by atoms with E-state index in [2.05, 4.69) is 54.9 Å². The third-order valence-electron chi connectivity index (χ3n) is 12.3. The van der Waals surface area contributed by atoms with E-state index in [1.807, 2.05) is 39.8 Å². The molecule has 1 saturated heterocycles. The summed E-state index contributed by atoms with van der Waals surface area (Å²) in [5.41, 5.74) is 1.82. The number of para-hydroxylation sites is 1. The topological polar surface area (TPSA) is 153 Å². The lowest BCUT2D eigenvalue weighted by Crippen LogP contribution is -2.57. The molecule has 7 atom stereocenters. The van der Waals surface area contributed by atoms with Crippen LogP contribution in [0.1, 0.15) is 116 Å². The molecule has 4 aliphatic rings. The fraction of sp³-hybridized carbons (Fsp3) is 0.634. The lowest BCUT2D eigenvalue weighted by molar-refractivity contribution is -0.144. The summed E-state index contributed by atoms with van der Waals surface area (Å²) < 4.78 is 38.1. The summed E-state index contributed by atoms with van der Waals surface area (Å²) in [7, 11) is -3.97. The number of nitrogens with one attached hydrogen (secondary N) is 2. The molecule has 298 valence electrons. The zero-order valence-electron chi connectivity index (χ0n) is 33.3. The average molecular weight is 793 g/mol. The van der Waals surface area contributed by atoms with E-state index in [-0.39, 0.29) is 48.6 Å². The number of fused-ring (bicyclic) bond motifs is 7. The van der Waals surface area contributed by atoms with Crippen LogP contribution in [0.4, 0.5) is 0 Å². The molecule has 14 heteroatoms. The minimum absolute atomic E-state index is 0.0162. The van der Waals surface area contributed by atoms with Crippen molar-refractivity contribution < 1.29 is 27.5 Å². The Hall–Kier alpha value is -3.78. The van der Waals surface area contributed by atoms with Crippen LogP contribution in [0.5, 0.6) is 6.01 Å². The van der Waals surface area contributed by atoms with Crippen LogP contribution in [-0.2, 0) is 30.8 Å². The molecule has 1 aromatic carbocycles. The molecule has 2 N–H and O–H groups in total. The number of carbonyl (C=O) groups excluding carboxylic acids is 3. The van der Waals surface area contributed by atoms with E-state index < -0.39 is 56.6 Å². The summed E-state index contributed by atoms with van der Waals surface area (Å²) in [6.45, 7) is 20.3. The predicted molar refractivity (Wildman–Crippen MR) is 214 cm³/mol. The van der Waals surface area contributed by atoms with Gasteiger partial charge in [0.15, 0.2) is 0 Å². The SMILES string of the molecule is C=C[C@@H]1C[C@@]12NC(=O)[C@@H]1C[C@H](CN1C(=O)[C@@H](C)C(C)(C)C)Oc1nc3c(cccc3n1C(C)C)-c1nc(C(C)C)c(s1)CCCC[C@H]1C[C@H]1S(=O)(=O)NC2=O. The van der Waals surface area contributed by atoms with Gasteiger partial charge in [0.05, 0.1) is 23.0 Å². The molecule has 12 nitrogen and oxygen atoms in total. The van der Waals surface area contributed by atoms with E-state index in [1.54, 1.807) is 22.3 Å². The smallest absolute Gasteiger partial charge is 0.297 e. The first-order valence-electron chi connectivity index (χ1n) is 19.8. The summed E-state index contributed by atoms with van der Waals surface area (Å²) in [5, 5.41) is 3.16. The molecular weight excluding hydrogens is 737 g/mol. The molecule has 2 aliphatic heterocycles. The maximum absolute atomic E-state index is 14.4. The van der Waals surface area contributed by atoms with E-state index in [0.29, 0.717) is 12.4 Å². The summed E-state index contributed by atoms with van der Waals surface area (Å²) in [6, 6.07) is 5.53. The highest BCUT2D eigenvalue weighted by molar-refractivity contribution is 7.91. The zero-order chi connectivity index (χ0) is 39.8. The summed E-state index contributed by atoms with van der Waals surface area (Å²) >= 11 is 1.68. The highest BCUT2D eigenvalue weighted by atomic mass is 32.2. The second-order valence-corrected chi connectivity index (χ2v) is 20.8. The van der Waals surface area contributed by atoms with E-state index in [0.717, 1.165) is 53.0 Å². The molecule has 3 amide bonds. The monoisotopic (exact) mass is 792 g/mol. The number of imidazole rings is 1. The van der Waals surface area contributed by atoms with Gasteiger partial charge in [-0.15, -0.1) is 17.9 Å². The van der Waals surface area contributed by atoms with E-state index in [1.165, 1.54) is 4.88 Å². The second-order valence-electron chi connectivity index (χ2n) is 17.8. The maximum atomic E-state index is 14.4. The number of aromatic nitrogens is 3. The van der Waals surface area contributed by atoms with Crippen molar-refractivity contribution in [3.63, 3.8) is 0 Å². The molecule has 7 rings (SSSR count). The predicted octanol–water partition coefficient (Wildman–Crippen LogP) is 6.52. The summed E-state index contributed by atoms with van der Waals surface area (Å²) in [4.78, 5) is 55.4. The van der Waals surface area contributed by atoms with Crippen LogP contribution in [0.15, 0.2) is 30.9 Å². The van der Waals surface area contributed by atoms with Crippen LogP contribution in [0.25, 0.3) is 21.6 Å². The number of hydrogen-bond donors (Lipinski definition) is 2. The Balaban J connectivity index is 1.30. The van der Waals surface area contributed by atoms with Crippen LogP contribution in [0, 0.1) is 23.2 Å². The van der Waals surface area contributed by atoms with Gasteiger partial charge in [-0.3, -0.25) is 23.7 Å². The Morgan fingerprint density at radius 3 is 2.51 bits per heavy atom. The van der Waals surface area contributed by atoms with Crippen LogP contribution in [0.3, 0.4) is 0 Å². The lowest BCUT2D eigenvalue weighted by Gasteiger charge is -2.33. The molecule has 0 unspecified atom stereocenters. The standard InChI is InChI=1S/C41H56N6O6S2/c1-10-26-20-41(26)38(50)45-55(51,52)32-18-25(32)14-11-12-17-31-33(22(2)3)42-36(54-31)28-15-13-16-29-34(28)43-39(47(29)23(4)5)53-27-19-30(35(48)44-41)46(21-27)37(49)24(6)40(7,8)9/h10,13,15-16,22-27,30,32H,1,11-12,14,17-21H2,2-9H3,(H,44,48)(H,45,50)/t24-,25+,26-,27-,30+,32-,41-/m1/s1. The van der Waals surface area contributed by atoms with Gasteiger partial charge in [-0.05, 0) is 75.3 Å². The van der Waals surface area contributed by atoms with Gasteiger partial charge in [-0.1, -0.05) is 60.1 Å². The van der Waals surface area contributed by atoms with Gasteiger partial charge in [0, 0.05) is 34.7 Å². The number of ether oxygens (including phenoxy) is 1. The molecule has 55 heavy (non-hydrogen) atoms. The average Bonchev–Trinajstić information content (AvgIpc) is 3.87. The normalized spacial score (nSPS) is 28.8. The summed E-state index contributed by atoms with van der Waals surface area (Å²) in [6.07, 6.45) is 5.20. The molecule has 2 saturated carbocycles. The van der Waals surface area contributed by atoms with Crippen molar-refractivity contribution in [3.05, 3.63) is 41.4 Å². The number of likely N-dealkylation sites (tertiary alicyclic amines) is 1. The maximum Gasteiger partial charge on any atom is 0.297 e. The number of thiazole rings is 1. The molecule has 3 aromatic rings. The highest BCUT2D eigenvalue weighted by Crippen LogP contribution is 2.47. The van der Waals surface area contributed by atoms with Gasteiger partial charge in [-0.25, -0.2) is 13.4 Å². The molecule has 3 fully saturated rings. The van der Waals surface area contributed by atoms with Crippen molar-refractivity contribution in [1.29, 1.82) is 0 Å². The lowest BCUT2D eigenvalue weighted by atomic mass is 9.81. The van der Waals surface area contributed by atoms with Gasteiger partial charge in [0.25, 0.3) is 11.9 Å². The van der Waals surface area contributed by atoms with Gasteiger partial charge >= 0.3 is 0 Å². The van der Waals surface area contributed by atoms with Gasteiger partial charge in [-0.2, -0.15) is 4.98 Å². The third-order valence-corrected chi connectivity index (χ3v) is 15.3. The number of nitrogens with zero attached hydrogens (tertiary/aromatic N) is 4. The first-order chi connectivity index (χ1) is 25.9. The number of amides is 3. The Labute approximate surface area is 328 Å². The van der Waals surface area contributed by atoms with Gasteiger partial charge in [0.1, 0.15) is 28.2 Å². The Morgan fingerprint density at radius 2 is 1.85 bits per heavy atom. The van der Waals surface area contributed by atoms with Crippen molar-refractivity contribution in [2.45, 2.75) is 135 Å². The summed E-state index contributed by atoms with van der Waals surface area (Å²) in [5.74, 6) is -2.17. The number of aryl methyl sites for hydroxylation is 1. The van der Waals surface area contributed by atoms with E-state index in [9.17, 15) is 22.8 Å². The minimum Gasteiger partial charge on any atom is -0.459 e. The first-order valence-corrected chi connectivity index (χ1v) is 22.2. The molecule has 1 spiro atoms. The van der Waals surface area contributed by atoms with Crippen molar-refractivity contribution in [2.24, 2.45) is 23.2 Å².